The molecule has 1 aromatic carbocycles. The van der Waals surface area contributed by atoms with Crippen molar-refractivity contribution in [1.29, 1.82) is 5.26 Å². The summed E-state index contributed by atoms with van der Waals surface area (Å²) in [6, 6.07) is 10.2. The minimum absolute atomic E-state index is 0.111. The third-order valence-corrected chi connectivity index (χ3v) is 2.92. The molecule has 1 rings (SSSR count). The Kier molecular flexibility index (Phi) is 7.03. The van der Waals surface area contributed by atoms with Crippen LogP contribution in [0, 0.1) is 24.2 Å². The molecule has 112 valence electrons. The number of hydrogen-bond donors (Lipinski definition) is 2. The molecule has 0 fully saturated rings. The summed E-state index contributed by atoms with van der Waals surface area (Å²) in [6.07, 6.45) is 2.34. The van der Waals surface area contributed by atoms with Crippen LogP contribution in [0.4, 0.5) is 0 Å². The number of nitriles is 1. The fourth-order valence-electron chi connectivity index (χ4n) is 1.80. The lowest BCUT2D eigenvalue weighted by atomic mass is 10.1. The van der Waals surface area contributed by atoms with Crippen molar-refractivity contribution >= 4 is 5.91 Å². The normalized spacial score (nSPS) is 11.1. The van der Waals surface area contributed by atoms with Gasteiger partial charge in [-0.2, -0.15) is 5.26 Å². The lowest BCUT2D eigenvalue weighted by Gasteiger charge is -2.07. The molecule has 1 aromatic rings. The molecule has 0 atom stereocenters. The number of amides is 1. The first-order valence-corrected chi connectivity index (χ1v) is 7.20. The second kappa shape index (κ2) is 8.80. The van der Waals surface area contributed by atoms with Crippen molar-refractivity contribution in [3.8, 4) is 6.07 Å². The van der Waals surface area contributed by atoms with Crippen molar-refractivity contribution in [3.63, 3.8) is 0 Å². The monoisotopic (exact) mass is 285 g/mol. The first-order valence-electron chi connectivity index (χ1n) is 7.20. The summed E-state index contributed by atoms with van der Waals surface area (Å²) in [5.74, 6) is 0.0393. The highest BCUT2D eigenvalue weighted by molar-refractivity contribution is 5.97. The number of aryl methyl sites for hydroxylation is 1. The molecular weight excluding hydrogens is 262 g/mol. The van der Waals surface area contributed by atoms with Crippen LogP contribution < -0.4 is 10.6 Å². The molecule has 0 saturated heterocycles. The van der Waals surface area contributed by atoms with E-state index in [4.69, 9.17) is 5.26 Å². The number of carbonyl (C=O) groups excluding carboxylic acids is 1. The van der Waals surface area contributed by atoms with E-state index in [1.54, 1.807) is 0 Å². The van der Waals surface area contributed by atoms with Gasteiger partial charge in [0.2, 0.25) is 0 Å². The van der Waals surface area contributed by atoms with Crippen LogP contribution in [0.2, 0.25) is 0 Å². The van der Waals surface area contributed by atoms with Gasteiger partial charge in [-0.1, -0.05) is 43.7 Å². The number of benzene rings is 1. The van der Waals surface area contributed by atoms with Crippen molar-refractivity contribution < 1.29 is 4.79 Å². The van der Waals surface area contributed by atoms with Crippen molar-refractivity contribution in [2.45, 2.75) is 27.2 Å². The Morgan fingerprint density at radius 2 is 2.19 bits per heavy atom. The summed E-state index contributed by atoms with van der Waals surface area (Å²) < 4.78 is 0. The van der Waals surface area contributed by atoms with Crippen molar-refractivity contribution in [3.05, 3.63) is 47.2 Å². The molecule has 0 bridgehead atoms. The zero-order chi connectivity index (χ0) is 15.7. The highest BCUT2D eigenvalue weighted by Crippen LogP contribution is 2.04. The van der Waals surface area contributed by atoms with Gasteiger partial charge in [-0.3, -0.25) is 4.79 Å². The molecule has 0 saturated carbocycles. The molecule has 4 heteroatoms. The Morgan fingerprint density at radius 3 is 2.81 bits per heavy atom. The predicted octanol–water partition coefficient (Wildman–Crippen LogP) is 2.31. The van der Waals surface area contributed by atoms with Gasteiger partial charge in [-0.05, 0) is 24.8 Å². The molecule has 4 nitrogen and oxygen atoms in total. The van der Waals surface area contributed by atoms with Crippen LogP contribution in [0.3, 0.4) is 0 Å². The van der Waals surface area contributed by atoms with E-state index in [0.29, 0.717) is 19.0 Å². The Hall–Kier alpha value is -2.28. The van der Waals surface area contributed by atoms with Crippen molar-refractivity contribution in [2.24, 2.45) is 5.92 Å². The molecule has 0 spiro atoms. The second-order valence-electron chi connectivity index (χ2n) is 5.47. The van der Waals surface area contributed by atoms with Gasteiger partial charge in [-0.25, -0.2) is 0 Å². The van der Waals surface area contributed by atoms with Crippen LogP contribution in [-0.4, -0.2) is 19.0 Å². The third-order valence-electron chi connectivity index (χ3n) is 2.92. The van der Waals surface area contributed by atoms with Gasteiger partial charge in [0.05, 0.1) is 0 Å². The zero-order valence-electron chi connectivity index (χ0n) is 12.9. The van der Waals surface area contributed by atoms with E-state index in [0.717, 1.165) is 6.42 Å². The topological polar surface area (TPSA) is 64.9 Å². The van der Waals surface area contributed by atoms with Gasteiger partial charge in [0, 0.05) is 19.3 Å². The van der Waals surface area contributed by atoms with Crippen LogP contribution in [0.25, 0.3) is 0 Å². The maximum absolute atomic E-state index is 11.7. The molecule has 0 heterocycles. The molecule has 0 aliphatic rings. The summed E-state index contributed by atoms with van der Waals surface area (Å²) >= 11 is 0. The highest BCUT2D eigenvalue weighted by atomic mass is 16.1. The second-order valence-corrected chi connectivity index (χ2v) is 5.47. The van der Waals surface area contributed by atoms with E-state index in [1.807, 2.05) is 26.0 Å². The summed E-state index contributed by atoms with van der Waals surface area (Å²) in [7, 11) is 0. The molecule has 21 heavy (non-hydrogen) atoms. The number of hydrogen-bond acceptors (Lipinski definition) is 3. The molecule has 2 N–H and O–H groups in total. The third kappa shape index (κ3) is 6.62. The average molecular weight is 285 g/mol. The highest BCUT2D eigenvalue weighted by Gasteiger charge is 2.08. The molecular formula is C17H23N3O. The Morgan fingerprint density at radius 1 is 1.43 bits per heavy atom. The lowest BCUT2D eigenvalue weighted by Crippen LogP contribution is -2.29. The molecule has 1 amide bonds. The first kappa shape index (κ1) is 16.8. The zero-order valence-corrected chi connectivity index (χ0v) is 12.9. The minimum atomic E-state index is -0.325. The van der Waals surface area contributed by atoms with Gasteiger partial charge in [-0.15, -0.1) is 0 Å². The Bertz CT molecular complexity index is 541. The van der Waals surface area contributed by atoms with Gasteiger partial charge >= 0.3 is 0 Å². The fourth-order valence-corrected chi connectivity index (χ4v) is 1.80. The summed E-state index contributed by atoms with van der Waals surface area (Å²) in [6.45, 7) is 7.34. The van der Waals surface area contributed by atoms with Gasteiger partial charge in [0.1, 0.15) is 11.6 Å². The Labute approximate surface area is 126 Å². The fraction of sp³-hybridized carbons (Fsp3) is 0.412. The molecule has 0 radical (unpaired) electrons. The number of rotatable bonds is 7. The number of carbonyl (C=O) groups is 1. The average Bonchev–Trinajstić information content (AvgIpc) is 2.45. The van der Waals surface area contributed by atoms with Crippen LogP contribution in [0.5, 0.6) is 0 Å². The maximum Gasteiger partial charge on any atom is 0.263 e. The summed E-state index contributed by atoms with van der Waals surface area (Å²) in [5, 5.41) is 14.8. The number of nitrogens with one attached hydrogen (secondary N) is 2. The van der Waals surface area contributed by atoms with E-state index in [-0.39, 0.29) is 11.5 Å². The summed E-state index contributed by atoms with van der Waals surface area (Å²) in [5.41, 5.74) is 2.58. The largest absolute Gasteiger partial charge is 0.389 e. The minimum Gasteiger partial charge on any atom is -0.389 e. The molecule has 0 aromatic heterocycles. The summed E-state index contributed by atoms with van der Waals surface area (Å²) in [4.78, 5) is 11.7. The van der Waals surface area contributed by atoms with Crippen LogP contribution >= 0.6 is 0 Å². The standard InChI is InChI=1S/C17H23N3O/c1-13(2)11-20-17(21)16(10-18)12-19-8-7-15-6-4-5-14(3)9-15/h4-6,9,12-13,19H,7-8,11H2,1-3H3,(H,20,21)/b16-12-. The van der Waals surface area contributed by atoms with Gasteiger partial charge < -0.3 is 10.6 Å². The maximum atomic E-state index is 11.7. The SMILES string of the molecule is Cc1cccc(CCN/C=C(/C#N)C(=O)NCC(C)C)c1. The lowest BCUT2D eigenvalue weighted by molar-refractivity contribution is -0.117. The van der Waals surface area contributed by atoms with E-state index in [2.05, 4.69) is 35.8 Å². The van der Waals surface area contributed by atoms with E-state index in [1.165, 1.54) is 17.3 Å². The molecule has 0 aliphatic carbocycles. The van der Waals surface area contributed by atoms with Gasteiger partial charge in [0.15, 0.2) is 0 Å². The number of nitrogens with zero attached hydrogens (tertiary/aromatic N) is 1. The van der Waals surface area contributed by atoms with E-state index >= 15 is 0 Å². The van der Waals surface area contributed by atoms with Crippen LogP contribution in [0.15, 0.2) is 36.0 Å². The van der Waals surface area contributed by atoms with E-state index < -0.39 is 0 Å². The predicted molar refractivity (Wildman–Crippen MR) is 84.4 cm³/mol. The van der Waals surface area contributed by atoms with Crippen LogP contribution in [0.1, 0.15) is 25.0 Å². The smallest absolute Gasteiger partial charge is 0.263 e. The quantitative estimate of drug-likeness (QED) is 0.459. The molecule has 0 aliphatic heterocycles. The Balaban J connectivity index is 2.43. The van der Waals surface area contributed by atoms with Gasteiger partial charge in [0.25, 0.3) is 5.91 Å². The first-order chi connectivity index (χ1) is 10.0. The molecule has 0 unspecified atom stereocenters. The van der Waals surface area contributed by atoms with E-state index in [9.17, 15) is 4.79 Å². The van der Waals surface area contributed by atoms with Crippen LogP contribution in [-0.2, 0) is 11.2 Å². The van der Waals surface area contributed by atoms with Crippen molar-refractivity contribution in [1.82, 2.24) is 10.6 Å². The van der Waals surface area contributed by atoms with Crippen molar-refractivity contribution in [2.75, 3.05) is 13.1 Å².